The zero-order valence-electron chi connectivity index (χ0n) is 14.5. The van der Waals surface area contributed by atoms with E-state index in [1.807, 2.05) is 37.8 Å². The Morgan fingerprint density at radius 1 is 1.17 bits per heavy atom. The number of nitriles is 1. The number of benzene rings is 1. The number of nitrogens with zero attached hydrogens (tertiary/aromatic N) is 2. The van der Waals surface area contributed by atoms with E-state index in [2.05, 4.69) is 6.07 Å². The van der Waals surface area contributed by atoms with Gasteiger partial charge >= 0.3 is 6.09 Å². The number of hydrogen-bond donors (Lipinski definition) is 0. The number of hydrogen-bond acceptors (Lipinski definition) is 4. The predicted octanol–water partition coefficient (Wildman–Crippen LogP) is 3.87. The quantitative estimate of drug-likeness (QED) is 0.827. The Balaban J connectivity index is 1.62. The van der Waals surface area contributed by atoms with Crippen molar-refractivity contribution in [2.75, 3.05) is 0 Å². The van der Waals surface area contributed by atoms with Crippen LogP contribution in [0.3, 0.4) is 0 Å². The Morgan fingerprint density at radius 3 is 2.25 bits per heavy atom. The lowest BCUT2D eigenvalue weighted by atomic mass is 10.00. The highest BCUT2D eigenvalue weighted by Gasteiger charge is 2.45. The molecule has 2 heterocycles. The van der Waals surface area contributed by atoms with Crippen LogP contribution in [0.2, 0.25) is 0 Å². The van der Waals surface area contributed by atoms with Gasteiger partial charge in [-0.15, -0.1) is 0 Å². The predicted molar refractivity (Wildman–Crippen MR) is 89.7 cm³/mol. The average Bonchev–Trinajstić information content (AvgIpc) is 2.78. The monoisotopic (exact) mass is 328 g/mol. The van der Waals surface area contributed by atoms with Crippen molar-refractivity contribution >= 4 is 6.09 Å². The topological polar surface area (TPSA) is 62.6 Å². The summed E-state index contributed by atoms with van der Waals surface area (Å²) in [5.74, 6) is 0.782. The molecular formula is C19H24N2O3. The molecule has 5 nitrogen and oxygen atoms in total. The number of carbonyl (C=O) groups is 1. The van der Waals surface area contributed by atoms with E-state index >= 15 is 0 Å². The normalized spacial score (nSPS) is 25.9. The molecule has 24 heavy (non-hydrogen) atoms. The van der Waals surface area contributed by atoms with Crippen LogP contribution in [0.1, 0.15) is 52.0 Å². The molecule has 0 spiro atoms. The summed E-state index contributed by atoms with van der Waals surface area (Å²) in [5, 5.41) is 8.85. The minimum atomic E-state index is -0.466. The molecule has 1 unspecified atom stereocenters. The summed E-state index contributed by atoms with van der Waals surface area (Å²) in [4.78, 5) is 14.4. The fourth-order valence-corrected chi connectivity index (χ4v) is 3.64. The van der Waals surface area contributed by atoms with Gasteiger partial charge < -0.3 is 14.4 Å². The van der Waals surface area contributed by atoms with Crippen LogP contribution in [-0.4, -0.2) is 34.8 Å². The molecule has 2 fully saturated rings. The van der Waals surface area contributed by atoms with Gasteiger partial charge in [0.1, 0.15) is 17.5 Å². The first kappa shape index (κ1) is 16.6. The van der Waals surface area contributed by atoms with Crippen LogP contribution in [0, 0.1) is 11.3 Å². The number of rotatable bonds is 2. The van der Waals surface area contributed by atoms with Gasteiger partial charge in [0, 0.05) is 24.9 Å². The molecule has 128 valence electrons. The number of ether oxygens (including phenoxy) is 2. The summed E-state index contributed by atoms with van der Waals surface area (Å²) in [7, 11) is 0. The standard InChI is InChI=1S/C19H24N2O3/c1-19(2,3)24-18(22)21-14-6-7-15(21)11-17(10-14)23-16-8-4-13(12-20)5-9-16/h4-5,8-9,14-15,17H,6-7,10-11H2,1-3H3/t14-,15+,17?. The Morgan fingerprint density at radius 2 is 1.75 bits per heavy atom. The molecule has 2 aliphatic rings. The molecular weight excluding hydrogens is 304 g/mol. The molecule has 1 aromatic rings. The smallest absolute Gasteiger partial charge is 0.410 e. The molecule has 0 aliphatic carbocycles. The van der Waals surface area contributed by atoms with Crippen LogP contribution in [0.25, 0.3) is 0 Å². The summed E-state index contributed by atoms with van der Waals surface area (Å²) in [6.45, 7) is 5.69. The maximum atomic E-state index is 12.4. The van der Waals surface area contributed by atoms with Crippen molar-refractivity contribution in [3.05, 3.63) is 29.8 Å². The first-order chi connectivity index (χ1) is 11.4. The third-order valence-electron chi connectivity index (χ3n) is 4.58. The average molecular weight is 328 g/mol. The zero-order chi connectivity index (χ0) is 17.3. The van der Waals surface area contributed by atoms with Crippen molar-refractivity contribution in [1.82, 2.24) is 4.90 Å². The van der Waals surface area contributed by atoms with Crippen molar-refractivity contribution in [1.29, 1.82) is 5.26 Å². The Labute approximate surface area is 143 Å². The fourth-order valence-electron chi connectivity index (χ4n) is 3.64. The Bertz CT molecular complexity index is 628. The molecule has 3 atom stereocenters. The summed E-state index contributed by atoms with van der Waals surface area (Å²) in [6.07, 6.45) is 3.58. The molecule has 0 radical (unpaired) electrons. The van der Waals surface area contributed by atoms with E-state index in [1.54, 1.807) is 12.1 Å². The molecule has 1 aromatic carbocycles. The van der Waals surface area contributed by atoms with Crippen molar-refractivity contribution in [2.24, 2.45) is 0 Å². The third-order valence-corrected chi connectivity index (χ3v) is 4.58. The zero-order valence-corrected chi connectivity index (χ0v) is 14.5. The SMILES string of the molecule is CC(C)(C)OC(=O)N1[C@@H]2CC[C@H]1CC(Oc1ccc(C#N)cc1)C2. The highest BCUT2D eigenvalue weighted by atomic mass is 16.6. The largest absolute Gasteiger partial charge is 0.490 e. The van der Waals surface area contributed by atoms with Gasteiger partial charge in [-0.1, -0.05) is 0 Å². The first-order valence-electron chi connectivity index (χ1n) is 8.54. The minimum Gasteiger partial charge on any atom is -0.490 e. The third kappa shape index (κ3) is 3.64. The molecule has 2 bridgehead atoms. The summed E-state index contributed by atoms with van der Waals surface area (Å²) >= 11 is 0. The number of carbonyl (C=O) groups excluding carboxylic acids is 1. The molecule has 3 rings (SSSR count). The van der Waals surface area contributed by atoms with E-state index in [0.29, 0.717) is 5.56 Å². The van der Waals surface area contributed by atoms with E-state index in [4.69, 9.17) is 14.7 Å². The fraction of sp³-hybridized carbons (Fsp3) is 0.579. The van der Waals surface area contributed by atoms with Crippen molar-refractivity contribution in [3.8, 4) is 11.8 Å². The van der Waals surface area contributed by atoms with Crippen LogP contribution in [-0.2, 0) is 4.74 Å². The lowest BCUT2D eigenvalue weighted by Crippen LogP contribution is -2.50. The van der Waals surface area contributed by atoms with Crippen LogP contribution < -0.4 is 4.74 Å². The lowest BCUT2D eigenvalue weighted by molar-refractivity contribution is -0.00707. The van der Waals surface area contributed by atoms with E-state index in [9.17, 15) is 4.79 Å². The van der Waals surface area contributed by atoms with Crippen LogP contribution >= 0.6 is 0 Å². The van der Waals surface area contributed by atoms with Crippen LogP contribution in [0.4, 0.5) is 4.79 Å². The van der Waals surface area contributed by atoms with Crippen LogP contribution in [0.15, 0.2) is 24.3 Å². The molecule has 5 heteroatoms. The lowest BCUT2D eigenvalue weighted by Gasteiger charge is -2.39. The van der Waals surface area contributed by atoms with Gasteiger partial charge in [-0.05, 0) is 57.9 Å². The highest BCUT2D eigenvalue weighted by molar-refractivity contribution is 5.69. The van der Waals surface area contributed by atoms with Gasteiger partial charge in [-0.25, -0.2) is 4.79 Å². The second kappa shape index (κ2) is 6.35. The maximum absolute atomic E-state index is 12.4. The van der Waals surface area contributed by atoms with E-state index in [0.717, 1.165) is 31.4 Å². The molecule has 0 aromatic heterocycles. The number of amides is 1. The Hall–Kier alpha value is -2.22. The van der Waals surface area contributed by atoms with Crippen LogP contribution in [0.5, 0.6) is 5.75 Å². The molecule has 0 saturated carbocycles. The van der Waals surface area contributed by atoms with E-state index < -0.39 is 5.60 Å². The molecule has 2 aliphatic heterocycles. The first-order valence-corrected chi connectivity index (χ1v) is 8.54. The molecule has 2 saturated heterocycles. The van der Waals surface area contributed by atoms with Gasteiger partial charge in [0.2, 0.25) is 0 Å². The molecule has 1 amide bonds. The van der Waals surface area contributed by atoms with Gasteiger partial charge in [-0.3, -0.25) is 0 Å². The summed E-state index contributed by atoms with van der Waals surface area (Å²) in [5.41, 5.74) is 0.161. The van der Waals surface area contributed by atoms with Crippen molar-refractivity contribution in [2.45, 2.75) is 70.2 Å². The van der Waals surface area contributed by atoms with Gasteiger partial charge in [0.05, 0.1) is 11.6 Å². The number of fused-ring (bicyclic) bond motifs is 2. The number of piperidine rings is 1. The van der Waals surface area contributed by atoms with Crippen molar-refractivity contribution in [3.63, 3.8) is 0 Å². The van der Waals surface area contributed by atoms with Gasteiger partial charge in [0.15, 0.2) is 0 Å². The molecule has 0 N–H and O–H groups in total. The summed E-state index contributed by atoms with van der Waals surface area (Å²) < 4.78 is 11.6. The minimum absolute atomic E-state index is 0.106. The Kier molecular flexibility index (Phi) is 4.40. The highest BCUT2D eigenvalue weighted by Crippen LogP contribution is 2.38. The van der Waals surface area contributed by atoms with Gasteiger partial charge in [-0.2, -0.15) is 5.26 Å². The maximum Gasteiger partial charge on any atom is 0.410 e. The van der Waals surface area contributed by atoms with Gasteiger partial charge in [0.25, 0.3) is 0 Å². The summed E-state index contributed by atoms with van der Waals surface area (Å²) in [6, 6.07) is 9.69. The second-order valence-electron chi connectivity index (χ2n) is 7.62. The second-order valence-corrected chi connectivity index (χ2v) is 7.62. The van der Waals surface area contributed by atoms with E-state index in [1.165, 1.54) is 0 Å². The van der Waals surface area contributed by atoms with E-state index in [-0.39, 0.29) is 24.3 Å². The van der Waals surface area contributed by atoms with Crippen molar-refractivity contribution < 1.29 is 14.3 Å².